The standard InChI is InChI=1S/C11H26N2O3S/c1-5-13(17(4,14)15)9-6-7-12-8-10-16-11(2)3/h11-12H,5-10H2,1-4H3. The first-order valence-corrected chi connectivity index (χ1v) is 8.00. The smallest absolute Gasteiger partial charge is 0.211 e. The Morgan fingerprint density at radius 3 is 2.41 bits per heavy atom. The highest BCUT2D eigenvalue weighted by molar-refractivity contribution is 7.88. The van der Waals surface area contributed by atoms with Crippen LogP contribution < -0.4 is 5.32 Å². The first-order valence-electron chi connectivity index (χ1n) is 6.15. The molecule has 0 heterocycles. The fourth-order valence-corrected chi connectivity index (χ4v) is 2.36. The molecule has 17 heavy (non-hydrogen) atoms. The van der Waals surface area contributed by atoms with Crippen LogP contribution in [0.4, 0.5) is 0 Å². The van der Waals surface area contributed by atoms with Crippen molar-refractivity contribution in [1.82, 2.24) is 9.62 Å². The maximum Gasteiger partial charge on any atom is 0.211 e. The highest BCUT2D eigenvalue weighted by Crippen LogP contribution is 1.98. The van der Waals surface area contributed by atoms with Crippen LogP contribution >= 0.6 is 0 Å². The number of rotatable bonds is 10. The SMILES string of the molecule is CCN(CCCNCCOC(C)C)S(C)(=O)=O. The van der Waals surface area contributed by atoms with Gasteiger partial charge in [0.15, 0.2) is 0 Å². The van der Waals surface area contributed by atoms with E-state index in [4.69, 9.17) is 4.74 Å². The molecule has 0 aliphatic heterocycles. The largest absolute Gasteiger partial charge is 0.377 e. The second-order valence-electron chi connectivity index (χ2n) is 4.28. The van der Waals surface area contributed by atoms with Crippen molar-refractivity contribution in [3.63, 3.8) is 0 Å². The van der Waals surface area contributed by atoms with Gasteiger partial charge >= 0.3 is 0 Å². The molecule has 0 rings (SSSR count). The van der Waals surface area contributed by atoms with E-state index in [0.717, 1.165) is 19.5 Å². The summed E-state index contributed by atoms with van der Waals surface area (Å²) < 4.78 is 29.4. The molecule has 5 nitrogen and oxygen atoms in total. The molecule has 0 unspecified atom stereocenters. The first-order chi connectivity index (χ1) is 7.88. The number of nitrogens with one attached hydrogen (secondary N) is 1. The van der Waals surface area contributed by atoms with E-state index in [2.05, 4.69) is 5.32 Å². The van der Waals surface area contributed by atoms with Crippen LogP contribution in [0, 0.1) is 0 Å². The van der Waals surface area contributed by atoms with Gasteiger partial charge in [-0.3, -0.25) is 0 Å². The van der Waals surface area contributed by atoms with Crippen molar-refractivity contribution in [3.05, 3.63) is 0 Å². The van der Waals surface area contributed by atoms with Crippen LogP contribution in [0.5, 0.6) is 0 Å². The van der Waals surface area contributed by atoms with Crippen molar-refractivity contribution in [3.8, 4) is 0 Å². The molecule has 104 valence electrons. The Morgan fingerprint density at radius 2 is 1.94 bits per heavy atom. The van der Waals surface area contributed by atoms with Crippen LogP contribution in [0.2, 0.25) is 0 Å². The van der Waals surface area contributed by atoms with Gasteiger partial charge in [-0.05, 0) is 26.8 Å². The molecule has 0 bridgehead atoms. The predicted octanol–water partition coefficient (Wildman–Crippen LogP) is 0.673. The Hall–Kier alpha value is -0.170. The lowest BCUT2D eigenvalue weighted by Gasteiger charge is -2.17. The van der Waals surface area contributed by atoms with Crippen LogP contribution in [0.25, 0.3) is 0 Å². The molecule has 0 aromatic rings. The summed E-state index contributed by atoms with van der Waals surface area (Å²) in [4.78, 5) is 0. The lowest BCUT2D eigenvalue weighted by molar-refractivity contribution is 0.0808. The van der Waals surface area contributed by atoms with Gasteiger partial charge in [0.25, 0.3) is 0 Å². The molecular formula is C11H26N2O3S. The lowest BCUT2D eigenvalue weighted by Crippen LogP contribution is -2.33. The van der Waals surface area contributed by atoms with Crippen molar-refractivity contribution in [2.45, 2.75) is 33.3 Å². The topological polar surface area (TPSA) is 58.6 Å². The van der Waals surface area contributed by atoms with Gasteiger partial charge in [-0.1, -0.05) is 6.92 Å². The zero-order valence-corrected chi connectivity index (χ0v) is 12.2. The molecular weight excluding hydrogens is 240 g/mol. The Bertz CT molecular complexity index is 278. The minimum absolute atomic E-state index is 0.262. The van der Waals surface area contributed by atoms with Crippen LogP contribution in [0.1, 0.15) is 27.2 Å². The molecule has 0 spiro atoms. The highest BCUT2D eigenvalue weighted by Gasteiger charge is 2.12. The minimum Gasteiger partial charge on any atom is -0.377 e. The summed E-state index contributed by atoms with van der Waals surface area (Å²) in [5, 5.41) is 3.23. The van der Waals surface area contributed by atoms with Gasteiger partial charge in [-0.2, -0.15) is 0 Å². The Kier molecular flexibility index (Phi) is 8.77. The van der Waals surface area contributed by atoms with Crippen molar-refractivity contribution < 1.29 is 13.2 Å². The molecule has 0 saturated heterocycles. The van der Waals surface area contributed by atoms with Gasteiger partial charge in [-0.25, -0.2) is 12.7 Å². The van der Waals surface area contributed by atoms with Gasteiger partial charge in [0.2, 0.25) is 10.0 Å². The van der Waals surface area contributed by atoms with Gasteiger partial charge in [0.1, 0.15) is 0 Å². The van der Waals surface area contributed by atoms with E-state index < -0.39 is 10.0 Å². The summed E-state index contributed by atoms with van der Waals surface area (Å²) >= 11 is 0. The summed E-state index contributed by atoms with van der Waals surface area (Å²) in [5.74, 6) is 0. The average molecular weight is 266 g/mol. The number of ether oxygens (including phenoxy) is 1. The van der Waals surface area contributed by atoms with E-state index in [9.17, 15) is 8.42 Å². The number of sulfonamides is 1. The third-order valence-electron chi connectivity index (χ3n) is 2.31. The molecule has 0 saturated carbocycles. The Balaban J connectivity index is 3.51. The van der Waals surface area contributed by atoms with Crippen molar-refractivity contribution in [1.29, 1.82) is 0 Å². The van der Waals surface area contributed by atoms with E-state index >= 15 is 0 Å². The molecule has 0 aliphatic carbocycles. The molecule has 0 amide bonds. The number of hydrogen-bond donors (Lipinski definition) is 1. The number of hydrogen-bond acceptors (Lipinski definition) is 4. The van der Waals surface area contributed by atoms with Crippen LogP contribution in [0.15, 0.2) is 0 Å². The highest BCUT2D eigenvalue weighted by atomic mass is 32.2. The summed E-state index contributed by atoms with van der Waals surface area (Å²) in [7, 11) is -3.04. The van der Waals surface area contributed by atoms with Gasteiger partial charge in [0.05, 0.1) is 19.0 Å². The lowest BCUT2D eigenvalue weighted by atomic mass is 10.4. The first kappa shape index (κ1) is 16.8. The van der Waals surface area contributed by atoms with E-state index in [1.165, 1.54) is 10.6 Å². The molecule has 0 aromatic heterocycles. The van der Waals surface area contributed by atoms with E-state index in [0.29, 0.717) is 19.7 Å². The molecule has 0 fully saturated rings. The summed E-state index contributed by atoms with van der Waals surface area (Å²) in [6.45, 7) is 9.29. The summed E-state index contributed by atoms with van der Waals surface area (Å²) in [5.41, 5.74) is 0. The normalized spacial score (nSPS) is 12.6. The van der Waals surface area contributed by atoms with Gasteiger partial charge in [0, 0.05) is 19.6 Å². The van der Waals surface area contributed by atoms with Crippen LogP contribution in [-0.4, -0.2) is 57.9 Å². The van der Waals surface area contributed by atoms with Gasteiger partial charge in [-0.15, -0.1) is 0 Å². The van der Waals surface area contributed by atoms with Crippen molar-refractivity contribution in [2.24, 2.45) is 0 Å². The molecule has 0 atom stereocenters. The molecule has 6 heteroatoms. The monoisotopic (exact) mass is 266 g/mol. The quantitative estimate of drug-likeness (QED) is 0.591. The fourth-order valence-electron chi connectivity index (χ4n) is 1.43. The second kappa shape index (κ2) is 8.85. The molecule has 1 N–H and O–H groups in total. The third-order valence-corrected chi connectivity index (χ3v) is 3.69. The zero-order valence-electron chi connectivity index (χ0n) is 11.4. The summed E-state index contributed by atoms with van der Waals surface area (Å²) in [6, 6.07) is 0. The van der Waals surface area contributed by atoms with E-state index in [1.54, 1.807) is 0 Å². The van der Waals surface area contributed by atoms with Crippen molar-refractivity contribution in [2.75, 3.05) is 39.0 Å². The Morgan fingerprint density at radius 1 is 1.29 bits per heavy atom. The maximum atomic E-state index is 11.3. The predicted molar refractivity (Wildman–Crippen MR) is 70.7 cm³/mol. The van der Waals surface area contributed by atoms with Crippen LogP contribution in [0.3, 0.4) is 0 Å². The van der Waals surface area contributed by atoms with E-state index in [-0.39, 0.29) is 6.10 Å². The third kappa shape index (κ3) is 9.52. The Labute approximate surface area is 106 Å². The molecule has 0 radical (unpaired) electrons. The average Bonchev–Trinajstić information content (AvgIpc) is 2.19. The van der Waals surface area contributed by atoms with Crippen LogP contribution in [-0.2, 0) is 14.8 Å². The molecule has 0 aliphatic rings. The molecule has 0 aromatic carbocycles. The maximum absolute atomic E-state index is 11.3. The number of nitrogens with zero attached hydrogens (tertiary/aromatic N) is 1. The summed E-state index contributed by atoms with van der Waals surface area (Å²) in [6.07, 6.45) is 2.33. The van der Waals surface area contributed by atoms with E-state index in [1.807, 2.05) is 20.8 Å². The zero-order chi connectivity index (χ0) is 13.3. The van der Waals surface area contributed by atoms with Gasteiger partial charge < -0.3 is 10.1 Å². The second-order valence-corrected chi connectivity index (χ2v) is 6.26. The fraction of sp³-hybridized carbons (Fsp3) is 1.00. The van der Waals surface area contributed by atoms with Crippen molar-refractivity contribution >= 4 is 10.0 Å². The minimum atomic E-state index is -3.04.